The molecule has 0 aliphatic rings. The summed E-state index contributed by atoms with van der Waals surface area (Å²) in [6, 6.07) is 5.16. The van der Waals surface area contributed by atoms with E-state index in [1.54, 1.807) is 0 Å². The molecule has 6 nitrogen and oxygen atoms in total. The van der Waals surface area contributed by atoms with E-state index in [9.17, 15) is 19.1 Å². The molecular weight excluding hydrogens is 385 g/mol. The van der Waals surface area contributed by atoms with E-state index in [2.05, 4.69) is 21.2 Å². The van der Waals surface area contributed by atoms with Crippen molar-refractivity contribution in [2.75, 3.05) is 10.6 Å². The van der Waals surface area contributed by atoms with E-state index in [1.807, 2.05) is 0 Å². The van der Waals surface area contributed by atoms with Gasteiger partial charge in [-0.05, 0) is 30.7 Å². The number of furan rings is 1. The number of hydrogen-bond donors (Lipinski definition) is 2. The highest BCUT2D eigenvalue weighted by molar-refractivity contribution is 9.09. The predicted molar refractivity (Wildman–Crippen MR) is 88.7 cm³/mol. The zero-order valence-corrected chi connectivity index (χ0v) is 14.4. The number of benzene rings is 1. The fourth-order valence-corrected chi connectivity index (χ4v) is 2.22. The van der Waals surface area contributed by atoms with Crippen molar-refractivity contribution in [2.24, 2.45) is 0 Å². The van der Waals surface area contributed by atoms with Crippen LogP contribution in [0.2, 0.25) is 0 Å². The molecule has 0 radical (unpaired) electrons. The van der Waals surface area contributed by atoms with Gasteiger partial charge < -0.3 is 14.3 Å². The molecule has 24 heavy (non-hydrogen) atoms. The van der Waals surface area contributed by atoms with E-state index in [1.165, 1.54) is 24.3 Å². The van der Waals surface area contributed by atoms with Gasteiger partial charge in [0.2, 0.25) is 23.3 Å². The average Bonchev–Trinajstić information content (AvgIpc) is 2.82. The van der Waals surface area contributed by atoms with E-state index >= 15 is 0 Å². The summed E-state index contributed by atoms with van der Waals surface area (Å²) in [5.74, 6) is -2.45. The number of carbonyl (C=O) groups is 2. The smallest absolute Gasteiger partial charge is 0.308 e. The summed E-state index contributed by atoms with van der Waals surface area (Å²) in [6.45, 7) is 1.15. The molecule has 0 saturated carbocycles. The van der Waals surface area contributed by atoms with Crippen LogP contribution in [0.15, 0.2) is 28.7 Å². The lowest BCUT2D eigenvalue weighted by Gasteiger charge is -2.04. The van der Waals surface area contributed by atoms with Crippen molar-refractivity contribution in [3.63, 3.8) is 0 Å². The first-order valence-electron chi connectivity index (χ1n) is 7.08. The van der Waals surface area contributed by atoms with Crippen LogP contribution >= 0.6 is 15.9 Å². The summed E-state index contributed by atoms with van der Waals surface area (Å²) < 4.78 is 23.4. The maximum Gasteiger partial charge on any atom is 0.308 e. The molecule has 1 aromatic heterocycles. The zero-order chi connectivity index (χ0) is 17.7. The van der Waals surface area contributed by atoms with Crippen LogP contribution in [-0.4, -0.2) is 22.3 Å². The Morgan fingerprint density at radius 3 is 2.58 bits per heavy atom. The van der Waals surface area contributed by atoms with Crippen LogP contribution in [0.5, 0.6) is 11.5 Å². The number of esters is 1. The van der Waals surface area contributed by atoms with Gasteiger partial charge >= 0.3 is 5.97 Å². The number of nitrogens with one attached hydrogen (secondary N) is 1. The Labute approximate surface area is 145 Å². The summed E-state index contributed by atoms with van der Waals surface area (Å²) >= 11 is 3.22. The van der Waals surface area contributed by atoms with Crippen molar-refractivity contribution < 1.29 is 28.2 Å². The second kappa shape index (κ2) is 7.96. The van der Waals surface area contributed by atoms with E-state index in [-0.39, 0.29) is 29.7 Å². The molecule has 8 heteroatoms. The number of alkyl halides is 1. The molecule has 0 spiro atoms. The molecule has 128 valence electrons. The summed E-state index contributed by atoms with van der Waals surface area (Å²) in [5.41, 5.74) is 0.364. The Morgan fingerprint density at radius 2 is 2.00 bits per heavy atom. The van der Waals surface area contributed by atoms with Crippen LogP contribution in [-0.2, 0) is 9.59 Å². The molecule has 0 bridgehead atoms. The van der Waals surface area contributed by atoms with Crippen LogP contribution in [0.25, 0.3) is 11.3 Å². The number of hydrogen-bond acceptors (Lipinski definition) is 5. The van der Waals surface area contributed by atoms with Gasteiger partial charge in [-0.1, -0.05) is 15.9 Å². The van der Waals surface area contributed by atoms with Crippen molar-refractivity contribution in [2.45, 2.75) is 19.8 Å². The van der Waals surface area contributed by atoms with Crippen LogP contribution < -0.4 is 10.1 Å². The molecule has 2 rings (SSSR count). The second-order valence-corrected chi connectivity index (χ2v) is 5.67. The topological polar surface area (TPSA) is 88.8 Å². The van der Waals surface area contributed by atoms with Gasteiger partial charge in [-0.2, -0.15) is 0 Å². The molecule has 0 atom stereocenters. The molecule has 1 aromatic carbocycles. The predicted octanol–water partition coefficient (Wildman–Crippen LogP) is 3.83. The number of anilines is 1. The Morgan fingerprint density at radius 1 is 1.33 bits per heavy atom. The van der Waals surface area contributed by atoms with Crippen molar-refractivity contribution in [3.05, 3.63) is 30.1 Å². The Hall–Kier alpha value is -2.35. The highest BCUT2D eigenvalue weighted by atomic mass is 79.9. The van der Waals surface area contributed by atoms with Crippen LogP contribution in [0, 0.1) is 5.82 Å². The third-order valence-corrected chi connectivity index (χ3v) is 3.54. The molecule has 0 fully saturated rings. The molecule has 2 N–H and O–H groups in total. The maximum absolute atomic E-state index is 13.0. The molecule has 0 aliphatic carbocycles. The molecule has 0 unspecified atom stereocenters. The summed E-state index contributed by atoms with van der Waals surface area (Å²) in [6.07, 6.45) is 0.824. The molecule has 1 amide bonds. The standard InChI is InChI=1S/C16H15BrFNO5/c1-9(20)23-15-13(22)14(10-4-6-11(18)7-5-10)24-16(15)19-12(21)3-2-8-17/h4-7,22H,2-3,8H2,1H3,(H,19,21). The average molecular weight is 400 g/mol. The Kier molecular flexibility index (Phi) is 5.97. The Balaban J connectivity index is 2.37. The van der Waals surface area contributed by atoms with Crippen molar-refractivity contribution in [1.82, 2.24) is 0 Å². The molecular formula is C16H15BrFNO5. The van der Waals surface area contributed by atoms with E-state index in [4.69, 9.17) is 9.15 Å². The van der Waals surface area contributed by atoms with Crippen molar-refractivity contribution >= 4 is 33.7 Å². The number of rotatable bonds is 6. The number of amides is 1. The number of carbonyl (C=O) groups excluding carboxylic acids is 2. The normalized spacial score (nSPS) is 10.5. The first-order chi connectivity index (χ1) is 11.4. The molecule has 2 aromatic rings. The van der Waals surface area contributed by atoms with Gasteiger partial charge in [-0.15, -0.1) is 0 Å². The minimum absolute atomic E-state index is 0.0398. The minimum Gasteiger partial charge on any atom is -0.502 e. The SMILES string of the molecule is CC(=O)Oc1c(NC(=O)CCCBr)oc(-c2ccc(F)cc2)c1O. The van der Waals surface area contributed by atoms with Gasteiger partial charge in [-0.25, -0.2) is 4.39 Å². The highest BCUT2D eigenvalue weighted by Crippen LogP contribution is 2.46. The quantitative estimate of drug-likeness (QED) is 0.569. The molecule has 0 saturated heterocycles. The lowest BCUT2D eigenvalue weighted by molar-refractivity contribution is -0.132. The summed E-state index contributed by atoms with van der Waals surface area (Å²) in [5, 5.41) is 13.4. The maximum atomic E-state index is 13.0. The highest BCUT2D eigenvalue weighted by Gasteiger charge is 2.25. The first kappa shape index (κ1) is 18.0. The first-order valence-corrected chi connectivity index (χ1v) is 8.20. The van der Waals surface area contributed by atoms with E-state index in [0.29, 0.717) is 17.3 Å². The van der Waals surface area contributed by atoms with Gasteiger partial charge in [0.1, 0.15) is 5.82 Å². The summed E-state index contributed by atoms with van der Waals surface area (Å²) in [7, 11) is 0. The zero-order valence-electron chi connectivity index (χ0n) is 12.8. The van der Waals surface area contributed by atoms with Crippen molar-refractivity contribution in [1.29, 1.82) is 0 Å². The number of aromatic hydroxyl groups is 1. The number of halogens is 2. The van der Waals surface area contributed by atoms with Gasteiger partial charge in [0.25, 0.3) is 0 Å². The minimum atomic E-state index is -0.687. The number of ether oxygens (including phenoxy) is 1. The second-order valence-electron chi connectivity index (χ2n) is 4.88. The van der Waals surface area contributed by atoms with Gasteiger partial charge in [0, 0.05) is 24.2 Å². The van der Waals surface area contributed by atoms with Crippen LogP contribution in [0.4, 0.5) is 10.3 Å². The largest absolute Gasteiger partial charge is 0.502 e. The fraction of sp³-hybridized carbons (Fsp3) is 0.250. The third kappa shape index (κ3) is 4.35. The van der Waals surface area contributed by atoms with Gasteiger partial charge in [-0.3, -0.25) is 14.9 Å². The third-order valence-electron chi connectivity index (χ3n) is 2.98. The van der Waals surface area contributed by atoms with E-state index in [0.717, 1.165) is 6.92 Å². The van der Waals surface area contributed by atoms with Crippen LogP contribution in [0.1, 0.15) is 19.8 Å². The van der Waals surface area contributed by atoms with E-state index < -0.39 is 17.5 Å². The van der Waals surface area contributed by atoms with Gasteiger partial charge in [0.15, 0.2) is 5.76 Å². The monoisotopic (exact) mass is 399 g/mol. The lowest BCUT2D eigenvalue weighted by atomic mass is 10.1. The Bertz CT molecular complexity index is 742. The van der Waals surface area contributed by atoms with Crippen molar-refractivity contribution in [3.8, 4) is 22.8 Å². The fourth-order valence-electron chi connectivity index (χ4n) is 1.94. The summed E-state index contributed by atoms with van der Waals surface area (Å²) in [4.78, 5) is 23.1. The molecule has 1 heterocycles. The molecule has 0 aliphatic heterocycles. The van der Waals surface area contributed by atoms with Gasteiger partial charge in [0.05, 0.1) is 0 Å². The van der Waals surface area contributed by atoms with Crippen LogP contribution in [0.3, 0.4) is 0 Å². The lowest BCUT2D eigenvalue weighted by Crippen LogP contribution is -2.12.